The predicted octanol–water partition coefficient (Wildman–Crippen LogP) is 2.95. The molecule has 0 unspecified atom stereocenters. The zero-order valence-electron chi connectivity index (χ0n) is 11.1. The Morgan fingerprint density at radius 1 is 1.11 bits per heavy atom. The molecule has 0 radical (unpaired) electrons. The first kappa shape index (κ1) is 12.7. The molecule has 0 saturated heterocycles. The van der Waals surface area contributed by atoms with Crippen LogP contribution in [0.1, 0.15) is 28.2 Å². The molecule has 2 rings (SSSR count). The van der Waals surface area contributed by atoms with Crippen LogP contribution in [0.25, 0.3) is 0 Å². The molecular formula is C15H19NO2. The van der Waals surface area contributed by atoms with E-state index in [2.05, 4.69) is 26.0 Å². The van der Waals surface area contributed by atoms with Crippen LogP contribution >= 0.6 is 0 Å². The summed E-state index contributed by atoms with van der Waals surface area (Å²) in [6, 6.07) is 8.14. The fourth-order valence-electron chi connectivity index (χ4n) is 2.07. The van der Waals surface area contributed by atoms with E-state index in [1.165, 1.54) is 11.1 Å². The van der Waals surface area contributed by atoms with Gasteiger partial charge in [0.2, 0.25) is 0 Å². The fourth-order valence-corrected chi connectivity index (χ4v) is 2.07. The molecule has 0 aliphatic carbocycles. The van der Waals surface area contributed by atoms with E-state index >= 15 is 0 Å². The van der Waals surface area contributed by atoms with Gasteiger partial charge in [0.05, 0.1) is 13.7 Å². The van der Waals surface area contributed by atoms with Gasteiger partial charge in [0.15, 0.2) is 0 Å². The van der Waals surface area contributed by atoms with Gasteiger partial charge in [0, 0.05) is 6.42 Å². The van der Waals surface area contributed by atoms with Gasteiger partial charge in [-0.1, -0.05) is 6.07 Å². The number of hydrogen-bond donors (Lipinski definition) is 1. The van der Waals surface area contributed by atoms with Gasteiger partial charge in [-0.05, 0) is 48.7 Å². The van der Waals surface area contributed by atoms with E-state index in [1.54, 1.807) is 7.11 Å². The van der Waals surface area contributed by atoms with Gasteiger partial charge in [-0.15, -0.1) is 0 Å². The third-order valence-electron chi connectivity index (χ3n) is 3.14. The van der Waals surface area contributed by atoms with Crippen LogP contribution in [0.2, 0.25) is 0 Å². The van der Waals surface area contributed by atoms with Crippen molar-refractivity contribution in [1.82, 2.24) is 0 Å². The molecular weight excluding hydrogens is 226 g/mol. The molecule has 0 fully saturated rings. The number of methoxy groups -OCH3 is 1. The van der Waals surface area contributed by atoms with E-state index in [9.17, 15) is 0 Å². The number of nitrogens with two attached hydrogens (primary N) is 1. The lowest BCUT2D eigenvalue weighted by molar-refractivity contribution is 0.411. The molecule has 3 nitrogen and oxygen atoms in total. The summed E-state index contributed by atoms with van der Waals surface area (Å²) in [6.45, 7) is 4.58. The number of furan rings is 1. The zero-order valence-corrected chi connectivity index (χ0v) is 11.1. The maximum absolute atomic E-state index is 5.63. The first-order valence-corrected chi connectivity index (χ1v) is 6.05. The lowest BCUT2D eigenvalue weighted by Crippen LogP contribution is -1.96. The Morgan fingerprint density at radius 3 is 2.44 bits per heavy atom. The van der Waals surface area contributed by atoms with Crippen molar-refractivity contribution in [2.75, 3.05) is 7.11 Å². The summed E-state index contributed by atoms with van der Waals surface area (Å²) in [6.07, 6.45) is 0.788. The van der Waals surface area contributed by atoms with Gasteiger partial charge in [0.25, 0.3) is 0 Å². The van der Waals surface area contributed by atoms with Crippen LogP contribution in [0.15, 0.2) is 28.7 Å². The van der Waals surface area contributed by atoms with Crippen LogP contribution < -0.4 is 10.5 Å². The molecule has 2 N–H and O–H groups in total. The minimum absolute atomic E-state index is 0.445. The molecule has 0 aliphatic heterocycles. The largest absolute Gasteiger partial charge is 0.496 e. The summed E-state index contributed by atoms with van der Waals surface area (Å²) in [5, 5.41) is 0. The average Bonchev–Trinajstić information content (AvgIpc) is 2.81. The fraction of sp³-hybridized carbons (Fsp3) is 0.333. The van der Waals surface area contributed by atoms with Crippen molar-refractivity contribution in [3.63, 3.8) is 0 Å². The van der Waals surface area contributed by atoms with Crippen LogP contribution in [-0.4, -0.2) is 7.11 Å². The predicted molar refractivity (Wildman–Crippen MR) is 71.9 cm³/mol. The number of aryl methyl sites for hydroxylation is 2. The van der Waals surface area contributed by atoms with Crippen molar-refractivity contribution in [3.05, 3.63) is 52.5 Å². The Kier molecular flexibility index (Phi) is 3.72. The van der Waals surface area contributed by atoms with Crippen LogP contribution in [0.3, 0.4) is 0 Å². The average molecular weight is 245 g/mol. The summed E-state index contributed by atoms with van der Waals surface area (Å²) in [5.41, 5.74) is 9.15. The smallest absolute Gasteiger partial charge is 0.122 e. The lowest BCUT2D eigenvalue weighted by Gasteiger charge is -2.10. The van der Waals surface area contributed by atoms with Gasteiger partial charge < -0.3 is 14.9 Å². The van der Waals surface area contributed by atoms with Gasteiger partial charge in [0.1, 0.15) is 17.3 Å². The van der Waals surface area contributed by atoms with Crippen LogP contribution in [0.5, 0.6) is 5.75 Å². The molecule has 1 aromatic heterocycles. The molecule has 96 valence electrons. The quantitative estimate of drug-likeness (QED) is 0.901. The minimum atomic E-state index is 0.445. The van der Waals surface area contributed by atoms with Gasteiger partial charge in [-0.25, -0.2) is 0 Å². The Labute approximate surface area is 108 Å². The Morgan fingerprint density at radius 2 is 1.83 bits per heavy atom. The number of rotatable bonds is 4. The summed E-state index contributed by atoms with van der Waals surface area (Å²) in [4.78, 5) is 0. The second-order valence-corrected chi connectivity index (χ2v) is 4.50. The molecule has 0 saturated carbocycles. The number of hydrogen-bond acceptors (Lipinski definition) is 3. The summed E-state index contributed by atoms with van der Waals surface area (Å²) in [7, 11) is 1.70. The van der Waals surface area contributed by atoms with Crippen LogP contribution in [0.4, 0.5) is 0 Å². The van der Waals surface area contributed by atoms with Crippen molar-refractivity contribution in [2.45, 2.75) is 26.8 Å². The molecule has 0 spiro atoms. The molecule has 1 heterocycles. The second-order valence-electron chi connectivity index (χ2n) is 4.50. The van der Waals surface area contributed by atoms with E-state index in [4.69, 9.17) is 14.9 Å². The van der Waals surface area contributed by atoms with Crippen LogP contribution in [-0.2, 0) is 13.0 Å². The molecule has 2 aromatic rings. The van der Waals surface area contributed by atoms with E-state index < -0.39 is 0 Å². The van der Waals surface area contributed by atoms with E-state index in [0.717, 1.165) is 29.3 Å². The van der Waals surface area contributed by atoms with E-state index in [1.807, 2.05) is 12.1 Å². The molecule has 18 heavy (non-hydrogen) atoms. The Balaban J connectivity index is 2.26. The zero-order chi connectivity index (χ0) is 13.1. The van der Waals surface area contributed by atoms with E-state index in [0.29, 0.717) is 6.54 Å². The summed E-state index contributed by atoms with van der Waals surface area (Å²) < 4.78 is 10.9. The molecule has 0 amide bonds. The number of ether oxygens (including phenoxy) is 1. The summed E-state index contributed by atoms with van der Waals surface area (Å²) >= 11 is 0. The highest BCUT2D eigenvalue weighted by Gasteiger charge is 2.08. The maximum Gasteiger partial charge on any atom is 0.122 e. The highest BCUT2D eigenvalue weighted by molar-refractivity contribution is 5.42. The normalized spacial score (nSPS) is 10.7. The minimum Gasteiger partial charge on any atom is -0.496 e. The van der Waals surface area contributed by atoms with Crippen molar-refractivity contribution >= 4 is 0 Å². The SMILES string of the molecule is COc1cc(C)c(Cc2ccc(CN)o2)cc1C. The third-order valence-corrected chi connectivity index (χ3v) is 3.14. The van der Waals surface area contributed by atoms with E-state index in [-0.39, 0.29) is 0 Å². The Hall–Kier alpha value is -1.74. The maximum atomic E-state index is 5.63. The lowest BCUT2D eigenvalue weighted by atomic mass is 10.0. The Bertz CT molecular complexity index is 543. The van der Waals surface area contributed by atoms with Crippen molar-refractivity contribution in [2.24, 2.45) is 5.73 Å². The second kappa shape index (κ2) is 5.27. The highest BCUT2D eigenvalue weighted by Crippen LogP contribution is 2.24. The van der Waals surface area contributed by atoms with Crippen LogP contribution in [0, 0.1) is 13.8 Å². The van der Waals surface area contributed by atoms with Crippen molar-refractivity contribution < 1.29 is 9.15 Å². The molecule has 1 aromatic carbocycles. The summed E-state index contributed by atoms with van der Waals surface area (Å²) in [5.74, 6) is 2.70. The van der Waals surface area contributed by atoms with Crippen molar-refractivity contribution in [1.29, 1.82) is 0 Å². The molecule has 0 aliphatic rings. The monoisotopic (exact) mass is 245 g/mol. The van der Waals surface area contributed by atoms with Crippen molar-refractivity contribution in [3.8, 4) is 5.75 Å². The van der Waals surface area contributed by atoms with Gasteiger partial charge in [-0.2, -0.15) is 0 Å². The third kappa shape index (κ3) is 2.57. The molecule has 3 heteroatoms. The standard InChI is InChI=1S/C15H19NO2/c1-10-7-15(17-3)11(2)6-12(10)8-13-4-5-14(9-16)18-13/h4-7H,8-9,16H2,1-3H3. The first-order valence-electron chi connectivity index (χ1n) is 6.05. The highest BCUT2D eigenvalue weighted by atomic mass is 16.5. The van der Waals surface area contributed by atoms with Gasteiger partial charge in [-0.3, -0.25) is 0 Å². The molecule has 0 bridgehead atoms. The first-order chi connectivity index (χ1) is 8.63. The van der Waals surface area contributed by atoms with Gasteiger partial charge >= 0.3 is 0 Å². The number of benzene rings is 1. The topological polar surface area (TPSA) is 48.4 Å². The molecule has 0 atom stereocenters.